The van der Waals surface area contributed by atoms with Gasteiger partial charge >= 0.3 is 21.1 Å². The second kappa shape index (κ2) is 8.17. The minimum absolute atomic E-state index is 0. The predicted octanol–water partition coefficient (Wildman–Crippen LogP) is 4.46. The molecule has 0 atom stereocenters. The summed E-state index contributed by atoms with van der Waals surface area (Å²) in [7, 11) is -1.82. The van der Waals surface area contributed by atoms with Crippen LogP contribution in [0.25, 0.3) is 11.1 Å². The van der Waals surface area contributed by atoms with E-state index in [1.165, 1.54) is 10.4 Å². The quantitative estimate of drug-likeness (QED) is 0.261. The second-order valence-corrected chi connectivity index (χ2v) is 11.7. The average molecular weight is 590 g/mol. The molecule has 0 saturated carbocycles. The van der Waals surface area contributed by atoms with Crippen LogP contribution in [0.2, 0.25) is 13.1 Å². The Morgan fingerprint density at radius 2 is 1.13 bits per heavy atom. The third-order valence-corrected chi connectivity index (χ3v) is 8.67. The van der Waals surface area contributed by atoms with Gasteiger partial charge in [0.2, 0.25) is 11.8 Å². The van der Waals surface area contributed by atoms with Crippen LogP contribution in [-0.4, -0.2) is 18.0 Å². The van der Waals surface area contributed by atoms with Crippen LogP contribution in [0.1, 0.15) is 0 Å². The number of hydrogen-bond acceptors (Lipinski definition) is 4. The van der Waals surface area contributed by atoms with E-state index in [2.05, 4.69) is 47.3 Å². The standard InChI is InChI=1S/C24H18N2O2Si.Pt/c1-29(2)21-11-9-17(27-23-7-3-5-13-25-23)15-19(21)20-16-18(10-12-22(20)29)28-24-8-4-6-14-26-24;/h3-14H,1-2H3;/q-2;+2. The first-order valence-electron chi connectivity index (χ1n) is 9.43. The summed E-state index contributed by atoms with van der Waals surface area (Å²) in [6.07, 6.45) is 3.42. The number of fused-ring (bicyclic) bond motifs is 3. The molecule has 30 heavy (non-hydrogen) atoms. The molecule has 0 radical (unpaired) electrons. The fourth-order valence-corrected chi connectivity index (χ4v) is 6.60. The van der Waals surface area contributed by atoms with Crippen molar-refractivity contribution in [3.05, 3.63) is 85.2 Å². The molecule has 0 aliphatic carbocycles. The number of pyridine rings is 2. The van der Waals surface area contributed by atoms with Crippen molar-refractivity contribution in [2.45, 2.75) is 13.1 Å². The topological polar surface area (TPSA) is 44.2 Å². The van der Waals surface area contributed by atoms with Crippen molar-refractivity contribution in [1.82, 2.24) is 9.97 Å². The molecule has 0 saturated heterocycles. The van der Waals surface area contributed by atoms with Gasteiger partial charge in [-0.15, -0.1) is 36.4 Å². The third kappa shape index (κ3) is 3.71. The van der Waals surface area contributed by atoms with Gasteiger partial charge in [-0.1, -0.05) is 25.2 Å². The van der Waals surface area contributed by atoms with E-state index in [0.29, 0.717) is 23.3 Å². The van der Waals surface area contributed by atoms with Crippen molar-refractivity contribution in [2.24, 2.45) is 0 Å². The van der Waals surface area contributed by atoms with Crippen LogP contribution < -0.4 is 19.8 Å². The zero-order valence-corrected chi connectivity index (χ0v) is 19.7. The average Bonchev–Trinajstić information content (AvgIpc) is 2.96. The largest absolute Gasteiger partial charge is 2.00 e. The van der Waals surface area contributed by atoms with Crippen molar-refractivity contribution in [1.29, 1.82) is 0 Å². The van der Waals surface area contributed by atoms with Gasteiger partial charge in [-0.25, -0.2) is 21.1 Å². The summed E-state index contributed by atoms with van der Waals surface area (Å²) in [6, 6.07) is 26.3. The maximum absolute atomic E-state index is 5.91. The summed E-state index contributed by atoms with van der Waals surface area (Å²) in [4.78, 5) is 8.47. The van der Waals surface area contributed by atoms with Crippen LogP contribution in [0.15, 0.2) is 73.1 Å². The molecule has 4 aromatic rings. The van der Waals surface area contributed by atoms with E-state index in [9.17, 15) is 0 Å². The van der Waals surface area contributed by atoms with E-state index in [0.717, 1.165) is 11.1 Å². The fraction of sp³-hybridized carbons (Fsp3) is 0.0833. The van der Waals surface area contributed by atoms with Crippen molar-refractivity contribution < 1.29 is 30.5 Å². The molecule has 6 heteroatoms. The Morgan fingerprint density at radius 1 is 0.667 bits per heavy atom. The molecule has 1 aliphatic heterocycles. The molecule has 0 bridgehead atoms. The van der Waals surface area contributed by atoms with Crippen LogP contribution in [0.3, 0.4) is 0 Å². The summed E-state index contributed by atoms with van der Waals surface area (Å²) in [5.41, 5.74) is 2.08. The first kappa shape index (κ1) is 20.5. The number of ether oxygens (including phenoxy) is 2. The monoisotopic (exact) mass is 589 g/mol. The zero-order chi connectivity index (χ0) is 19.8. The van der Waals surface area contributed by atoms with Gasteiger partial charge in [-0.2, -0.15) is 10.4 Å². The van der Waals surface area contributed by atoms with Crippen molar-refractivity contribution >= 4 is 18.4 Å². The third-order valence-electron chi connectivity index (χ3n) is 5.14. The van der Waals surface area contributed by atoms with E-state index < -0.39 is 8.07 Å². The van der Waals surface area contributed by atoms with Crippen LogP contribution in [-0.2, 0) is 21.1 Å². The molecular formula is C24H18N2O2PtSi. The summed E-state index contributed by atoms with van der Waals surface area (Å²) in [5, 5.41) is 2.65. The Bertz CT molecular complexity index is 1090. The molecule has 0 unspecified atom stereocenters. The van der Waals surface area contributed by atoms with E-state index in [1.54, 1.807) is 12.4 Å². The molecule has 0 spiro atoms. The smallest absolute Gasteiger partial charge is 0.460 e. The zero-order valence-electron chi connectivity index (χ0n) is 16.5. The molecule has 3 heterocycles. The number of nitrogens with zero attached hydrogens (tertiary/aromatic N) is 2. The van der Waals surface area contributed by atoms with Crippen LogP contribution in [0.4, 0.5) is 0 Å². The van der Waals surface area contributed by atoms with Crippen molar-refractivity contribution in [2.75, 3.05) is 0 Å². The SMILES string of the molecule is C[Si]1(C)c2ccc(Oc3ccccn3)[c-]c2-c2[c-]c(Oc3ccccn3)ccc21.[Pt+2]. The first-order chi connectivity index (χ1) is 14.1. The minimum Gasteiger partial charge on any atom is -0.460 e. The van der Waals surface area contributed by atoms with Gasteiger partial charge in [0, 0.05) is 36.0 Å². The van der Waals surface area contributed by atoms with Crippen molar-refractivity contribution in [3.63, 3.8) is 0 Å². The van der Waals surface area contributed by atoms with Gasteiger partial charge in [0.05, 0.1) is 0 Å². The second-order valence-electron chi connectivity index (χ2n) is 7.39. The predicted molar refractivity (Wildman–Crippen MR) is 115 cm³/mol. The molecule has 0 fully saturated rings. The van der Waals surface area contributed by atoms with Crippen LogP contribution in [0.5, 0.6) is 23.3 Å². The van der Waals surface area contributed by atoms with Gasteiger partial charge in [0.25, 0.3) is 0 Å². The van der Waals surface area contributed by atoms with E-state index in [-0.39, 0.29) is 21.1 Å². The van der Waals surface area contributed by atoms with Crippen molar-refractivity contribution in [3.8, 4) is 34.4 Å². The maximum Gasteiger partial charge on any atom is 2.00 e. The van der Waals surface area contributed by atoms with E-state index in [4.69, 9.17) is 9.47 Å². The molecular weight excluding hydrogens is 571 g/mol. The van der Waals surface area contributed by atoms with Crippen LogP contribution in [0, 0.1) is 12.1 Å². The molecule has 0 amide bonds. The molecule has 2 aromatic heterocycles. The van der Waals surface area contributed by atoms with E-state index in [1.807, 2.05) is 48.5 Å². The number of benzene rings is 2. The summed E-state index contributed by atoms with van der Waals surface area (Å²) in [6.45, 7) is 4.69. The number of rotatable bonds is 4. The Kier molecular flexibility index (Phi) is 5.59. The number of hydrogen-bond donors (Lipinski definition) is 0. The molecule has 150 valence electrons. The normalized spacial score (nSPS) is 13.0. The molecule has 0 N–H and O–H groups in total. The summed E-state index contributed by atoms with van der Waals surface area (Å²) < 4.78 is 11.8. The fourth-order valence-electron chi connectivity index (χ4n) is 3.69. The van der Waals surface area contributed by atoms with Gasteiger partial charge in [-0.05, 0) is 20.2 Å². The Labute approximate surface area is 191 Å². The Hall–Kier alpha value is -2.75. The Morgan fingerprint density at radius 3 is 1.53 bits per heavy atom. The molecule has 1 aliphatic rings. The van der Waals surface area contributed by atoms with Gasteiger partial charge in [-0.3, -0.25) is 0 Å². The van der Waals surface area contributed by atoms with Gasteiger partial charge in [0.15, 0.2) is 0 Å². The molecule has 4 nitrogen and oxygen atoms in total. The first-order valence-corrected chi connectivity index (χ1v) is 12.4. The van der Waals surface area contributed by atoms with Gasteiger partial charge in [0.1, 0.15) is 0 Å². The maximum atomic E-state index is 5.91. The Balaban J connectivity index is 0.00000218. The molecule has 2 aromatic carbocycles. The van der Waals surface area contributed by atoms with E-state index >= 15 is 0 Å². The summed E-state index contributed by atoms with van der Waals surface area (Å²) in [5.74, 6) is 2.39. The number of aromatic nitrogens is 2. The summed E-state index contributed by atoms with van der Waals surface area (Å²) >= 11 is 0. The van der Waals surface area contributed by atoms with Gasteiger partial charge < -0.3 is 9.47 Å². The van der Waals surface area contributed by atoms with Crippen LogP contribution >= 0.6 is 0 Å². The molecule has 5 rings (SSSR count). The minimum atomic E-state index is -1.82.